The Morgan fingerprint density at radius 3 is 2.43 bits per heavy atom. The summed E-state index contributed by atoms with van der Waals surface area (Å²) >= 11 is 3.47. The highest BCUT2D eigenvalue weighted by molar-refractivity contribution is 9.10. The Bertz CT molecular complexity index is 608. The molecule has 0 radical (unpaired) electrons. The molecule has 0 heterocycles. The minimum atomic E-state index is -0.495. The van der Waals surface area contributed by atoms with Crippen molar-refractivity contribution < 1.29 is 14.3 Å². The molecule has 0 N–H and O–H groups in total. The van der Waals surface area contributed by atoms with Gasteiger partial charge in [0.05, 0.1) is 13.7 Å². The quantitative estimate of drug-likeness (QED) is 0.732. The van der Waals surface area contributed by atoms with E-state index in [0.717, 1.165) is 15.8 Å². The maximum Gasteiger partial charge on any atom is 0.191 e. The van der Waals surface area contributed by atoms with Crippen LogP contribution in [0.15, 0.2) is 53.0 Å². The molecule has 110 valence electrons. The zero-order valence-electron chi connectivity index (χ0n) is 12.0. The van der Waals surface area contributed by atoms with Crippen molar-refractivity contribution >= 4 is 21.7 Å². The standard InChI is InChI=1S/C17H17BrO3/c1-12(21-11-14-5-3-4-6-16(14)18)17(19)13-7-9-15(20-2)10-8-13/h3-10,12H,11H2,1-2H3. The molecule has 0 bridgehead atoms. The summed E-state index contributed by atoms with van der Waals surface area (Å²) in [6.45, 7) is 2.16. The Morgan fingerprint density at radius 1 is 1.14 bits per heavy atom. The van der Waals surface area contributed by atoms with E-state index in [9.17, 15) is 4.79 Å². The van der Waals surface area contributed by atoms with Crippen molar-refractivity contribution in [1.82, 2.24) is 0 Å². The van der Waals surface area contributed by atoms with E-state index in [1.165, 1.54) is 0 Å². The monoisotopic (exact) mass is 348 g/mol. The van der Waals surface area contributed by atoms with Gasteiger partial charge in [0.1, 0.15) is 11.9 Å². The molecule has 0 amide bonds. The van der Waals surface area contributed by atoms with Crippen LogP contribution in [-0.4, -0.2) is 19.0 Å². The fourth-order valence-corrected chi connectivity index (χ4v) is 2.30. The molecule has 0 spiro atoms. The lowest BCUT2D eigenvalue weighted by Gasteiger charge is -2.13. The van der Waals surface area contributed by atoms with Crippen LogP contribution in [0.5, 0.6) is 5.75 Å². The molecule has 0 aliphatic carbocycles. The summed E-state index contributed by atoms with van der Waals surface area (Å²) in [5, 5.41) is 0. The number of hydrogen-bond donors (Lipinski definition) is 0. The van der Waals surface area contributed by atoms with Crippen LogP contribution in [0.3, 0.4) is 0 Å². The third kappa shape index (κ3) is 4.16. The normalized spacial score (nSPS) is 12.0. The molecule has 4 heteroatoms. The molecule has 0 fully saturated rings. The molecule has 2 aromatic rings. The largest absolute Gasteiger partial charge is 0.497 e. The number of Topliss-reactive ketones (excluding diaryl/α,β-unsaturated/α-hetero) is 1. The summed E-state index contributed by atoms with van der Waals surface area (Å²) in [5.41, 5.74) is 1.64. The van der Waals surface area contributed by atoms with Crippen LogP contribution in [0.1, 0.15) is 22.8 Å². The molecule has 0 aromatic heterocycles. The number of benzene rings is 2. The lowest BCUT2D eigenvalue weighted by Crippen LogP contribution is -2.20. The topological polar surface area (TPSA) is 35.5 Å². The molecule has 0 aliphatic rings. The summed E-state index contributed by atoms with van der Waals surface area (Å²) in [7, 11) is 1.60. The smallest absolute Gasteiger partial charge is 0.191 e. The van der Waals surface area contributed by atoms with Crippen LogP contribution in [0.4, 0.5) is 0 Å². The highest BCUT2D eigenvalue weighted by atomic mass is 79.9. The molecule has 0 aliphatic heterocycles. The van der Waals surface area contributed by atoms with Gasteiger partial charge in [0.15, 0.2) is 5.78 Å². The average molecular weight is 349 g/mol. The Hall–Kier alpha value is -1.65. The zero-order chi connectivity index (χ0) is 15.2. The van der Waals surface area contributed by atoms with Gasteiger partial charge < -0.3 is 9.47 Å². The highest BCUT2D eigenvalue weighted by Gasteiger charge is 2.16. The number of hydrogen-bond acceptors (Lipinski definition) is 3. The van der Waals surface area contributed by atoms with Crippen LogP contribution in [0.2, 0.25) is 0 Å². The van der Waals surface area contributed by atoms with E-state index in [1.807, 2.05) is 24.3 Å². The molecule has 3 nitrogen and oxygen atoms in total. The number of carbonyl (C=O) groups is 1. The molecular weight excluding hydrogens is 332 g/mol. The minimum Gasteiger partial charge on any atom is -0.497 e. The number of ether oxygens (including phenoxy) is 2. The van der Waals surface area contributed by atoms with Crippen molar-refractivity contribution in [3.63, 3.8) is 0 Å². The molecule has 0 saturated carbocycles. The van der Waals surface area contributed by atoms with E-state index >= 15 is 0 Å². The SMILES string of the molecule is COc1ccc(C(=O)C(C)OCc2ccccc2Br)cc1. The van der Waals surface area contributed by atoms with Gasteiger partial charge in [0.25, 0.3) is 0 Å². The molecule has 2 aromatic carbocycles. The van der Waals surface area contributed by atoms with Gasteiger partial charge in [0, 0.05) is 10.0 Å². The van der Waals surface area contributed by atoms with Crippen LogP contribution >= 0.6 is 15.9 Å². The second-order valence-corrected chi connectivity index (χ2v) is 5.49. The predicted molar refractivity (Wildman–Crippen MR) is 85.7 cm³/mol. The third-order valence-corrected chi connectivity index (χ3v) is 3.96. The number of ketones is 1. The van der Waals surface area contributed by atoms with Gasteiger partial charge in [-0.2, -0.15) is 0 Å². The second-order valence-electron chi connectivity index (χ2n) is 4.64. The van der Waals surface area contributed by atoms with Gasteiger partial charge in [-0.15, -0.1) is 0 Å². The second kappa shape index (κ2) is 7.38. The zero-order valence-corrected chi connectivity index (χ0v) is 13.6. The lowest BCUT2D eigenvalue weighted by molar-refractivity contribution is 0.0410. The summed E-state index contributed by atoms with van der Waals surface area (Å²) in [4.78, 5) is 12.3. The van der Waals surface area contributed by atoms with Crippen molar-refractivity contribution in [3.8, 4) is 5.75 Å². The van der Waals surface area contributed by atoms with E-state index in [1.54, 1.807) is 38.3 Å². The molecular formula is C17H17BrO3. The van der Waals surface area contributed by atoms with Crippen molar-refractivity contribution in [2.24, 2.45) is 0 Å². The number of methoxy groups -OCH3 is 1. The van der Waals surface area contributed by atoms with E-state index < -0.39 is 6.10 Å². The first-order valence-electron chi connectivity index (χ1n) is 6.65. The molecule has 1 unspecified atom stereocenters. The first kappa shape index (κ1) is 15.7. The van der Waals surface area contributed by atoms with Crippen molar-refractivity contribution in [2.75, 3.05) is 7.11 Å². The maximum atomic E-state index is 12.3. The van der Waals surface area contributed by atoms with Crippen molar-refractivity contribution in [1.29, 1.82) is 0 Å². The fourth-order valence-electron chi connectivity index (χ4n) is 1.90. The van der Waals surface area contributed by atoms with Gasteiger partial charge >= 0.3 is 0 Å². The Balaban J connectivity index is 1.97. The van der Waals surface area contributed by atoms with E-state index in [2.05, 4.69) is 15.9 Å². The van der Waals surface area contributed by atoms with Crippen molar-refractivity contribution in [2.45, 2.75) is 19.6 Å². The summed E-state index contributed by atoms with van der Waals surface area (Å²) in [6.07, 6.45) is -0.495. The Labute approximate surface area is 133 Å². The van der Waals surface area contributed by atoms with Crippen LogP contribution in [0, 0.1) is 0 Å². The van der Waals surface area contributed by atoms with Gasteiger partial charge in [-0.25, -0.2) is 0 Å². The van der Waals surface area contributed by atoms with Gasteiger partial charge in [-0.1, -0.05) is 34.1 Å². The first-order valence-corrected chi connectivity index (χ1v) is 7.44. The fraction of sp³-hybridized carbons (Fsp3) is 0.235. The van der Waals surface area contributed by atoms with Gasteiger partial charge in [-0.3, -0.25) is 4.79 Å². The highest BCUT2D eigenvalue weighted by Crippen LogP contribution is 2.18. The number of rotatable bonds is 6. The first-order chi connectivity index (χ1) is 10.1. The van der Waals surface area contributed by atoms with Gasteiger partial charge in [-0.05, 0) is 42.8 Å². The molecule has 2 rings (SSSR count). The number of carbonyl (C=O) groups excluding carboxylic acids is 1. The van der Waals surface area contributed by atoms with E-state index in [-0.39, 0.29) is 5.78 Å². The van der Waals surface area contributed by atoms with Crippen LogP contribution in [-0.2, 0) is 11.3 Å². The lowest BCUT2D eigenvalue weighted by atomic mass is 10.1. The third-order valence-electron chi connectivity index (χ3n) is 3.19. The minimum absolute atomic E-state index is 0.0373. The summed E-state index contributed by atoms with van der Waals surface area (Å²) < 4.78 is 11.7. The van der Waals surface area contributed by atoms with Crippen molar-refractivity contribution in [3.05, 3.63) is 64.1 Å². The van der Waals surface area contributed by atoms with Gasteiger partial charge in [0.2, 0.25) is 0 Å². The summed E-state index contributed by atoms with van der Waals surface area (Å²) in [6, 6.07) is 14.8. The maximum absolute atomic E-state index is 12.3. The van der Waals surface area contributed by atoms with E-state index in [0.29, 0.717) is 12.2 Å². The molecule has 0 saturated heterocycles. The molecule has 1 atom stereocenters. The molecule has 21 heavy (non-hydrogen) atoms. The van der Waals surface area contributed by atoms with Crippen LogP contribution in [0.25, 0.3) is 0 Å². The predicted octanol–water partition coefficient (Wildman–Crippen LogP) is 4.25. The van der Waals surface area contributed by atoms with Crippen LogP contribution < -0.4 is 4.74 Å². The Morgan fingerprint density at radius 2 is 1.81 bits per heavy atom. The van der Waals surface area contributed by atoms with E-state index in [4.69, 9.17) is 9.47 Å². The average Bonchev–Trinajstić information content (AvgIpc) is 2.53. The Kier molecular flexibility index (Phi) is 5.53. The summed E-state index contributed by atoms with van der Waals surface area (Å²) in [5.74, 6) is 0.693. The number of halogens is 1.